The number of hydrogen-bond acceptors (Lipinski definition) is 5. The predicted octanol–water partition coefficient (Wildman–Crippen LogP) is 2.57. The third kappa shape index (κ3) is 3.67. The van der Waals surface area contributed by atoms with Gasteiger partial charge in [0.15, 0.2) is 0 Å². The zero-order valence-electron chi connectivity index (χ0n) is 12.2. The first kappa shape index (κ1) is 15.5. The second-order valence-corrected chi connectivity index (χ2v) is 4.74. The van der Waals surface area contributed by atoms with Crippen LogP contribution in [0.15, 0.2) is 55.0 Å². The average Bonchev–Trinajstić information content (AvgIpc) is 2.62. The molecule has 0 aliphatic heterocycles. The maximum absolute atomic E-state index is 13.0. The molecule has 3 rings (SSSR count). The number of anilines is 1. The quantitative estimate of drug-likeness (QED) is 0.569. The summed E-state index contributed by atoms with van der Waals surface area (Å²) in [6, 6.07) is 9.79. The molecular weight excluding hydrogens is 316 g/mol. The van der Waals surface area contributed by atoms with Crippen LogP contribution in [0.5, 0.6) is 0 Å². The van der Waals surface area contributed by atoms with E-state index in [9.17, 15) is 13.6 Å². The van der Waals surface area contributed by atoms with E-state index in [1.165, 1.54) is 36.8 Å². The van der Waals surface area contributed by atoms with Crippen LogP contribution in [-0.4, -0.2) is 20.9 Å². The molecule has 0 unspecified atom stereocenters. The topological polar surface area (TPSA) is 79.8 Å². The molecule has 0 atom stereocenters. The molecule has 1 aromatic carbocycles. The lowest BCUT2D eigenvalue weighted by Crippen LogP contribution is -2.30. The standard InChI is InChI=1S/C16H11F2N5O/c17-11-3-1-10(2-4-11)13-7-14(21-9-20-13)16(24)23-22-12-5-6-15(18)19-8-12/h1-9,22H,(H,23,24). The number of benzene rings is 1. The summed E-state index contributed by atoms with van der Waals surface area (Å²) in [5.74, 6) is -1.49. The summed E-state index contributed by atoms with van der Waals surface area (Å²) in [5.41, 5.74) is 6.69. The highest BCUT2D eigenvalue weighted by atomic mass is 19.1. The highest BCUT2D eigenvalue weighted by Crippen LogP contribution is 2.17. The minimum Gasteiger partial charge on any atom is -0.297 e. The van der Waals surface area contributed by atoms with Gasteiger partial charge in [-0.05, 0) is 42.5 Å². The first-order valence-electron chi connectivity index (χ1n) is 6.88. The molecule has 1 amide bonds. The van der Waals surface area contributed by atoms with Crippen LogP contribution < -0.4 is 10.9 Å². The third-order valence-corrected chi connectivity index (χ3v) is 3.09. The fourth-order valence-electron chi connectivity index (χ4n) is 1.90. The first-order chi connectivity index (χ1) is 11.6. The van der Waals surface area contributed by atoms with Crippen LogP contribution in [0.2, 0.25) is 0 Å². The van der Waals surface area contributed by atoms with Gasteiger partial charge in [-0.1, -0.05) is 0 Å². The molecule has 0 radical (unpaired) electrons. The molecule has 0 spiro atoms. The Hall–Kier alpha value is -3.42. The van der Waals surface area contributed by atoms with Crippen molar-refractivity contribution in [3.8, 4) is 11.3 Å². The molecule has 0 aliphatic rings. The summed E-state index contributed by atoms with van der Waals surface area (Å²) in [6.07, 6.45) is 2.48. The fraction of sp³-hybridized carbons (Fsp3) is 0. The molecule has 24 heavy (non-hydrogen) atoms. The maximum atomic E-state index is 13.0. The van der Waals surface area contributed by atoms with Crippen LogP contribution in [0.4, 0.5) is 14.5 Å². The first-order valence-corrected chi connectivity index (χ1v) is 6.88. The Bertz CT molecular complexity index is 853. The molecular formula is C16H11F2N5O. The van der Waals surface area contributed by atoms with Crippen molar-refractivity contribution in [1.29, 1.82) is 0 Å². The number of rotatable bonds is 4. The van der Waals surface area contributed by atoms with Gasteiger partial charge in [-0.2, -0.15) is 4.39 Å². The number of aromatic nitrogens is 3. The van der Waals surface area contributed by atoms with E-state index in [1.807, 2.05) is 0 Å². The van der Waals surface area contributed by atoms with E-state index < -0.39 is 11.9 Å². The average molecular weight is 327 g/mol. The molecule has 2 N–H and O–H groups in total. The van der Waals surface area contributed by atoms with E-state index in [0.29, 0.717) is 16.9 Å². The Morgan fingerprint density at radius 2 is 1.75 bits per heavy atom. The summed E-state index contributed by atoms with van der Waals surface area (Å²) in [5, 5.41) is 0. The van der Waals surface area contributed by atoms with Crippen molar-refractivity contribution in [2.24, 2.45) is 0 Å². The molecule has 120 valence electrons. The van der Waals surface area contributed by atoms with Gasteiger partial charge in [0, 0.05) is 5.56 Å². The zero-order valence-corrected chi connectivity index (χ0v) is 12.2. The number of carbonyl (C=O) groups excluding carboxylic acids is 1. The van der Waals surface area contributed by atoms with Crippen molar-refractivity contribution in [2.75, 3.05) is 5.43 Å². The number of pyridine rings is 1. The van der Waals surface area contributed by atoms with Crippen LogP contribution in [-0.2, 0) is 0 Å². The molecule has 8 heteroatoms. The summed E-state index contributed by atoms with van der Waals surface area (Å²) in [4.78, 5) is 23.5. The number of nitrogens with zero attached hydrogens (tertiary/aromatic N) is 3. The minimum atomic E-state index is -0.619. The highest BCUT2D eigenvalue weighted by Gasteiger charge is 2.10. The minimum absolute atomic E-state index is 0.117. The Morgan fingerprint density at radius 1 is 0.958 bits per heavy atom. The Morgan fingerprint density at radius 3 is 2.46 bits per heavy atom. The highest BCUT2D eigenvalue weighted by molar-refractivity contribution is 5.93. The maximum Gasteiger partial charge on any atom is 0.288 e. The van der Waals surface area contributed by atoms with E-state index in [1.54, 1.807) is 12.1 Å². The number of carbonyl (C=O) groups is 1. The molecule has 0 bridgehead atoms. The predicted molar refractivity (Wildman–Crippen MR) is 82.7 cm³/mol. The van der Waals surface area contributed by atoms with Crippen molar-refractivity contribution in [3.05, 3.63) is 72.4 Å². The van der Waals surface area contributed by atoms with E-state index in [-0.39, 0.29) is 11.5 Å². The van der Waals surface area contributed by atoms with Gasteiger partial charge in [0.25, 0.3) is 5.91 Å². The SMILES string of the molecule is O=C(NNc1ccc(F)nc1)c1cc(-c2ccc(F)cc2)ncn1. The van der Waals surface area contributed by atoms with Crippen molar-refractivity contribution < 1.29 is 13.6 Å². The van der Waals surface area contributed by atoms with Gasteiger partial charge < -0.3 is 0 Å². The molecule has 3 aromatic rings. The molecule has 0 aliphatic carbocycles. The second-order valence-electron chi connectivity index (χ2n) is 4.74. The largest absolute Gasteiger partial charge is 0.297 e. The number of hydrogen-bond donors (Lipinski definition) is 2. The smallest absolute Gasteiger partial charge is 0.288 e. The second kappa shape index (κ2) is 6.78. The van der Waals surface area contributed by atoms with E-state index in [4.69, 9.17) is 0 Å². The number of nitrogens with one attached hydrogen (secondary N) is 2. The van der Waals surface area contributed by atoms with Crippen LogP contribution in [0.25, 0.3) is 11.3 Å². The summed E-state index contributed by atoms with van der Waals surface area (Å²) in [6.45, 7) is 0. The van der Waals surface area contributed by atoms with Crippen LogP contribution in [0.1, 0.15) is 10.5 Å². The van der Waals surface area contributed by atoms with E-state index >= 15 is 0 Å². The zero-order chi connectivity index (χ0) is 16.9. The third-order valence-electron chi connectivity index (χ3n) is 3.09. The lowest BCUT2D eigenvalue weighted by Gasteiger charge is -2.08. The lowest BCUT2D eigenvalue weighted by atomic mass is 10.1. The Balaban J connectivity index is 1.72. The molecule has 2 aromatic heterocycles. The monoisotopic (exact) mass is 327 g/mol. The lowest BCUT2D eigenvalue weighted by molar-refractivity contribution is 0.0957. The van der Waals surface area contributed by atoms with Crippen molar-refractivity contribution >= 4 is 11.6 Å². The van der Waals surface area contributed by atoms with Crippen molar-refractivity contribution in [1.82, 2.24) is 20.4 Å². The van der Waals surface area contributed by atoms with Gasteiger partial charge in [0.1, 0.15) is 17.8 Å². The molecule has 0 fully saturated rings. The molecule has 2 heterocycles. The number of halogens is 2. The van der Waals surface area contributed by atoms with Crippen LogP contribution >= 0.6 is 0 Å². The van der Waals surface area contributed by atoms with Gasteiger partial charge in [-0.15, -0.1) is 0 Å². The Labute approximate surface area is 135 Å². The molecule has 6 nitrogen and oxygen atoms in total. The van der Waals surface area contributed by atoms with Gasteiger partial charge in [-0.25, -0.2) is 19.3 Å². The van der Waals surface area contributed by atoms with Crippen LogP contribution in [0.3, 0.4) is 0 Å². The normalized spacial score (nSPS) is 10.2. The number of amides is 1. The van der Waals surface area contributed by atoms with Gasteiger partial charge in [-0.3, -0.25) is 15.6 Å². The Kier molecular flexibility index (Phi) is 4.37. The van der Waals surface area contributed by atoms with Gasteiger partial charge in [0.2, 0.25) is 5.95 Å². The molecule has 0 saturated carbocycles. The molecule has 0 saturated heterocycles. The summed E-state index contributed by atoms with van der Waals surface area (Å²) >= 11 is 0. The summed E-state index contributed by atoms with van der Waals surface area (Å²) in [7, 11) is 0. The number of hydrazine groups is 1. The van der Waals surface area contributed by atoms with Crippen molar-refractivity contribution in [2.45, 2.75) is 0 Å². The summed E-state index contributed by atoms with van der Waals surface area (Å²) < 4.78 is 25.7. The fourth-order valence-corrected chi connectivity index (χ4v) is 1.90. The van der Waals surface area contributed by atoms with E-state index in [2.05, 4.69) is 25.8 Å². The van der Waals surface area contributed by atoms with Gasteiger partial charge in [0.05, 0.1) is 17.6 Å². The van der Waals surface area contributed by atoms with Crippen molar-refractivity contribution in [3.63, 3.8) is 0 Å². The van der Waals surface area contributed by atoms with E-state index in [0.717, 1.165) is 6.07 Å². The van der Waals surface area contributed by atoms with Gasteiger partial charge >= 0.3 is 0 Å². The van der Waals surface area contributed by atoms with Crippen LogP contribution in [0, 0.1) is 11.8 Å².